The van der Waals surface area contributed by atoms with E-state index in [0.29, 0.717) is 11.2 Å². The summed E-state index contributed by atoms with van der Waals surface area (Å²) in [6.07, 6.45) is 7.23. The average Bonchev–Trinajstić information content (AvgIpc) is 3.85. The highest BCUT2D eigenvalue weighted by Crippen LogP contribution is 2.50. The van der Waals surface area contributed by atoms with Gasteiger partial charge in [-0.25, -0.2) is 0 Å². The van der Waals surface area contributed by atoms with Gasteiger partial charge in [-0.2, -0.15) is 0 Å². The van der Waals surface area contributed by atoms with Gasteiger partial charge in [0.1, 0.15) is 0 Å². The number of para-hydroxylation sites is 2. The molecule has 3 heteroatoms. The number of fused-ring (bicyclic) bond motifs is 9. The van der Waals surface area contributed by atoms with Crippen LogP contribution in [0.1, 0.15) is 11.5 Å². The number of aromatic nitrogens is 2. The molecule has 11 rings (SSSR count). The zero-order valence-electron chi connectivity index (χ0n) is 27.8. The maximum atomic E-state index is 2.49. The van der Waals surface area contributed by atoms with Gasteiger partial charge in [0, 0.05) is 49.0 Å². The van der Waals surface area contributed by atoms with E-state index in [9.17, 15) is 0 Å². The molecule has 9 aromatic rings. The lowest BCUT2D eigenvalue weighted by Gasteiger charge is -2.21. The van der Waals surface area contributed by atoms with Crippen molar-refractivity contribution in [2.24, 2.45) is 0 Å². The molecule has 51 heavy (non-hydrogen) atoms. The van der Waals surface area contributed by atoms with E-state index in [1.165, 1.54) is 87.7 Å². The third-order valence-corrected chi connectivity index (χ3v) is 12.2. The molecule has 2 unspecified atom stereocenters. The first-order valence-corrected chi connectivity index (χ1v) is 18.6. The van der Waals surface area contributed by atoms with Crippen LogP contribution in [0.2, 0.25) is 0 Å². The second kappa shape index (κ2) is 11.2. The molecule has 0 fully saturated rings. The van der Waals surface area contributed by atoms with Crippen LogP contribution in [0, 0.1) is 0 Å². The van der Waals surface area contributed by atoms with Crippen molar-refractivity contribution < 1.29 is 0 Å². The summed E-state index contributed by atoms with van der Waals surface area (Å²) >= 11 is 1.99. The summed E-state index contributed by atoms with van der Waals surface area (Å²) in [6, 6.07) is 60.1. The molecule has 2 aliphatic rings. The van der Waals surface area contributed by atoms with Gasteiger partial charge in [0.05, 0.1) is 22.1 Å². The van der Waals surface area contributed by atoms with Gasteiger partial charge in [-0.3, -0.25) is 0 Å². The first-order valence-electron chi connectivity index (χ1n) is 17.7. The highest BCUT2D eigenvalue weighted by Gasteiger charge is 2.32. The predicted octanol–water partition coefficient (Wildman–Crippen LogP) is 12.9. The van der Waals surface area contributed by atoms with Crippen molar-refractivity contribution >= 4 is 61.1 Å². The summed E-state index contributed by atoms with van der Waals surface area (Å²) in [5.74, 6) is 0.386. The summed E-state index contributed by atoms with van der Waals surface area (Å²) in [7, 11) is 0. The van der Waals surface area contributed by atoms with E-state index < -0.39 is 0 Å². The van der Waals surface area contributed by atoms with Gasteiger partial charge in [-0.1, -0.05) is 121 Å². The minimum absolute atomic E-state index is 0.386. The number of hydrogen-bond donors (Lipinski definition) is 0. The van der Waals surface area contributed by atoms with Crippen molar-refractivity contribution in [1.29, 1.82) is 0 Å². The average molecular weight is 669 g/mol. The fraction of sp³-hybridized carbons (Fsp3) is 0.0417. The molecule has 2 aromatic heterocycles. The maximum absolute atomic E-state index is 2.49. The van der Waals surface area contributed by atoms with Crippen LogP contribution >= 0.6 is 11.8 Å². The zero-order chi connectivity index (χ0) is 33.5. The Morgan fingerprint density at radius 2 is 0.980 bits per heavy atom. The van der Waals surface area contributed by atoms with Crippen molar-refractivity contribution in [2.45, 2.75) is 16.1 Å². The van der Waals surface area contributed by atoms with Crippen LogP contribution in [0.4, 0.5) is 0 Å². The summed E-state index contributed by atoms with van der Waals surface area (Å²) in [5, 5.41) is 5.55. The topological polar surface area (TPSA) is 9.86 Å². The van der Waals surface area contributed by atoms with Crippen molar-refractivity contribution in [3.8, 4) is 27.9 Å². The van der Waals surface area contributed by atoms with Crippen LogP contribution < -0.4 is 0 Å². The van der Waals surface area contributed by atoms with Crippen LogP contribution in [0.3, 0.4) is 0 Å². The molecule has 0 spiro atoms. The number of rotatable bonds is 4. The molecule has 2 nitrogen and oxygen atoms in total. The minimum atomic E-state index is 0.386. The SMILES string of the molecule is C1=CC2Sc3ccccc3C2C=C1n1c2ccccc2c2cc(-c3ccc4c(c3)c3ccccc3n4-c3ccc(-c4ccccc4)cc3)ccc21. The first-order chi connectivity index (χ1) is 25.3. The Hall–Kier alpha value is -6.03. The number of thioether (sulfide) groups is 1. The zero-order valence-corrected chi connectivity index (χ0v) is 28.6. The molecule has 3 heterocycles. The van der Waals surface area contributed by atoms with Crippen molar-refractivity contribution in [1.82, 2.24) is 9.13 Å². The molecule has 0 N–H and O–H groups in total. The Balaban J connectivity index is 1.03. The van der Waals surface area contributed by atoms with E-state index >= 15 is 0 Å². The van der Waals surface area contributed by atoms with Crippen molar-refractivity contribution in [2.75, 3.05) is 0 Å². The van der Waals surface area contributed by atoms with Gasteiger partial charge < -0.3 is 9.13 Å². The number of allylic oxidation sites excluding steroid dienone is 3. The molecule has 1 aliphatic carbocycles. The van der Waals surface area contributed by atoms with Crippen LogP contribution in [0.25, 0.3) is 77.2 Å². The summed E-state index contributed by atoms with van der Waals surface area (Å²) in [6.45, 7) is 0. The van der Waals surface area contributed by atoms with Gasteiger partial charge in [0.2, 0.25) is 0 Å². The Labute approximate surface area is 300 Å². The Kier molecular flexibility index (Phi) is 6.34. The van der Waals surface area contributed by atoms with E-state index in [1.54, 1.807) is 0 Å². The quantitative estimate of drug-likeness (QED) is 0.181. The molecule has 0 bridgehead atoms. The Morgan fingerprint density at radius 3 is 1.71 bits per heavy atom. The molecule has 0 radical (unpaired) electrons. The summed E-state index contributed by atoms with van der Waals surface area (Å²) in [4.78, 5) is 1.41. The predicted molar refractivity (Wildman–Crippen MR) is 217 cm³/mol. The number of benzene rings is 7. The lowest BCUT2D eigenvalue weighted by molar-refractivity contribution is 0.876. The summed E-state index contributed by atoms with van der Waals surface area (Å²) in [5.41, 5.74) is 13.7. The standard InChI is InChI=1S/C48H32N2S/c1-2-10-31(11-3-1)32-18-22-35(23-19-32)49-43-15-7-4-12-37(43)40-28-33(20-25-45(40)49)34-21-26-46-41(29-34)38-13-5-8-16-44(38)50(46)36-24-27-48-42(30-36)39-14-6-9-17-47(39)51-48/h1-30,42,48H. The van der Waals surface area contributed by atoms with Crippen molar-refractivity contribution in [3.05, 3.63) is 188 Å². The minimum Gasteiger partial charge on any atom is -0.310 e. The van der Waals surface area contributed by atoms with E-state index in [0.717, 1.165) is 0 Å². The molecular weight excluding hydrogens is 637 g/mol. The second-order valence-electron chi connectivity index (χ2n) is 13.7. The smallest absolute Gasteiger partial charge is 0.0541 e. The lowest BCUT2D eigenvalue weighted by Crippen LogP contribution is -2.11. The Morgan fingerprint density at radius 1 is 0.431 bits per heavy atom. The highest BCUT2D eigenvalue weighted by atomic mass is 32.2. The summed E-state index contributed by atoms with van der Waals surface area (Å²) < 4.78 is 4.86. The number of hydrogen-bond acceptors (Lipinski definition) is 1. The van der Waals surface area contributed by atoms with Gasteiger partial charge in [-0.15, -0.1) is 11.8 Å². The molecule has 2 atom stereocenters. The maximum Gasteiger partial charge on any atom is 0.0541 e. The second-order valence-corrected chi connectivity index (χ2v) is 14.9. The number of nitrogens with zero attached hydrogens (tertiary/aromatic N) is 2. The van der Waals surface area contributed by atoms with E-state index in [1.807, 2.05) is 11.8 Å². The lowest BCUT2D eigenvalue weighted by atomic mass is 9.91. The van der Waals surface area contributed by atoms with Gasteiger partial charge >= 0.3 is 0 Å². The highest BCUT2D eigenvalue weighted by molar-refractivity contribution is 8.00. The van der Waals surface area contributed by atoms with Crippen LogP contribution in [-0.4, -0.2) is 14.4 Å². The van der Waals surface area contributed by atoms with E-state index in [4.69, 9.17) is 0 Å². The Bertz CT molecular complexity index is 2890. The van der Waals surface area contributed by atoms with Gasteiger partial charge in [-0.05, 0) is 88.5 Å². The third kappa shape index (κ3) is 4.45. The molecule has 1 aliphatic heterocycles. The van der Waals surface area contributed by atoms with E-state index in [-0.39, 0.29) is 0 Å². The van der Waals surface area contributed by atoms with Crippen LogP contribution in [0.5, 0.6) is 0 Å². The van der Waals surface area contributed by atoms with Crippen LogP contribution in [0.15, 0.2) is 187 Å². The fourth-order valence-electron chi connectivity index (χ4n) is 8.48. The van der Waals surface area contributed by atoms with Gasteiger partial charge in [0.25, 0.3) is 0 Å². The molecule has 0 saturated carbocycles. The van der Waals surface area contributed by atoms with Gasteiger partial charge in [0.15, 0.2) is 0 Å². The molecule has 7 aromatic carbocycles. The largest absolute Gasteiger partial charge is 0.310 e. The van der Waals surface area contributed by atoms with Crippen molar-refractivity contribution in [3.63, 3.8) is 0 Å². The van der Waals surface area contributed by atoms with E-state index in [2.05, 4.69) is 191 Å². The fourth-order valence-corrected chi connectivity index (χ4v) is 9.80. The monoisotopic (exact) mass is 668 g/mol. The molecule has 0 saturated heterocycles. The third-order valence-electron chi connectivity index (χ3n) is 10.9. The molecular formula is C48H32N2S. The molecule has 240 valence electrons. The molecule has 0 amide bonds. The first kappa shape index (κ1) is 28.8. The van der Waals surface area contributed by atoms with Crippen LogP contribution in [-0.2, 0) is 0 Å². The normalized spacial score (nSPS) is 16.6.